The number of carbonyl (C=O) groups excluding carboxylic acids is 7. The molecule has 95 heavy (non-hydrogen) atoms. The fraction of sp³-hybridized carbons (Fsp3) is 0.554. The molecule has 0 saturated heterocycles. The molecule has 6 amide bonds. The number of esters is 1. The number of anilines is 7. The zero-order valence-corrected chi connectivity index (χ0v) is 57.1. The molecule has 21 nitrogen and oxygen atoms in total. The van der Waals surface area contributed by atoms with Gasteiger partial charge in [0.05, 0.1) is 13.1 Å². The number of hydrogen-bond donors (Lipinski definition) is 6. The summed E-state index contributed by atoms with van der Waals surface area (Å²) >= 11 is 0. The van der Waals surface area contributed by atoms with Gasteiger partial charge in [-0.1, -0.05) is 90.4 Å². The maximum Gasteiger partial charge on any atom is 0.411 e. The highest BCUT2D eigenvalue weighted by molar-refractivity contribution is 5.92. The van der Waals surface area contributed by atoms with Gasteiger partial charge in [-0.25, -0.2) is 33.6 Å². The van der Waals surface area contributed by atoms with Crippen LogP contribution in [0.1, 0.15) is 161 Å². The van der Waals surface area contributed by atoms with Crippen LogP contribution in [0, 0.1) is 61.2 Å². The van der Waals surface area contributed by atoms with Crippen LogP contribution in [0.2, 0.25) is 0 Å². The van der Waals surface area contributed by atoms with Crippen LogP contribution in [-0.2, 0) is 38.0 Å². The first kappa shape index (κ1) is 72.3. The lowest BCUT2D eigenvalue weighted by atomic mass is 9.60. The number of benzene rings is 4. The number of aryl methyl sites for hydroxylation is 3. The maximum absolute atomic E-state index is 13.4. The Kier molecular flexibility index (Phi) is 26.1. The van der Waals surface area contributed by atoms with Crippen LogP contribution in [-0.4, -0.2) is 100 Å². The first-order valence-electron chi connectivity index (χ1n) is 34.1. The standard InChI is InChI=1S/C74H101N7O14/c1-47(2)66(82)89-42-43-92-69(85)78-63-46-58(31-20-49(63)4)77-70(86)93-60-32-23-54(24-33-60)74(9,10)55-27-36-62(37-28-55)95-72(88)80-65-45-57(30-19-51(65)6)76-68(84)91-41-39-81(59-14-12-11-13-15-59)38-40-90-67(83)75-56-29-18-50(5)64(44-56)79-71(87)94-61-34-25-53(26-35-61)73(7,8)52-21-16-48(3)17-22-52/h11-15,18-20,29-31,44-46,48,52-55,60-62H,1,16-17,21-28,32-43H2,2-10H3,(H,75,83)(H,76,84)(H,77,86)(H,78,85)(H,79,87)(H,80,88). The molecule has 0 atom stereocenters. The van der Waals surface area contributed by atoms with Gasteiger partial charge in [-0.15, -0.1) is 0 Å². The molecule has 0 aliphatic heterocycles. The van der Waals surface area contributed by atoms with E-state index in [4.69, 9.17) is 33.2 Å². The van der Waals surface area contributed by atoms with Crippen molar-refractivity contribution in [3.8, 4) is 0 Å². The van der Waals surface area contributed by atoms with Crippen molar-refractivity contribution in [1.29, 1.82) is 0 Å². The van der Waals surface area contributed by atoms with Crippen molar-refractivity contribution in [3.63, 3.8) is 0 Å². The average molecular weight is 1310 g/mol. The number of ether oxygens (including phenoxy) is 7. The van der Waals surface area contributed by atoms with Gasteiger partial charge in [-0.2, -0.15) is 0 Å². The Morgan fingerprint density at radius 2 is 0.737 bits per heavy atom. The molecule has 21 heteroatoms. The van der Waals surface area contributed by atoms with Crippen LogP contribution in [0.4, 0.5) is 68.6 Å². The molecule has 0 heterocycles. The SMILES string of the molecule is C=C(C)C(=O)OCCOC(=O)Nc1cc(NC(=O)OC2CCC(C(C)(C)C3CCC(OC(=O)Nc4cc(NC(=O)OCCN(CCOC(=O)Nc5ccc(C)c(NC(=O)OC6CCC(C(C)(C)C7CCC(C)CC7)CC6)c5)c5ccccc5)ccc4C)CC3)CC2)ccc1C. The lowest BCUT2D eigenvalue weighted by Gasteiger charge is -2.46. The summed E-state index contributed by atoms with van der Waals surface area (Å²) in [4.78, 5) is 91.7. The number of rotatable bonds is 24. The largest absolute Gasteiger partial charge is 0.459 e. The van der Waals surface area contributed by atoms with Gasteiger partial charge in [0.2, 0.25) is 0 Å². The van der Waals surface area contributed by atoms with Gasteiger partial charge in [-0.05, 0) is 223 Å². The van der Waals surface area contributed by atoms with E-state index in [1.165, 1.54) is 32.6 Å². The molecular formula is C74H101N7O14. The first-order chi connectivity index (χ1) is 45.4. The van der Waals surface area contributed by atoms with Crippen molar-refractivity contribution in [3.05, 3.63) is 114 Å². The molecule has 4 aromatic carbocycles. The third-order valence-corrected chi connectivity index (χ3v) is 20.4. The molecule has 0 bridgehead atoms. The van der Waals surface area contributed by atoms with E-state index in [1.807, 2.05) is 55.1 Å². The summed E-state index contributed by atoms with van der Waals surface area (Å²) in [6, 6.07) is 25.0. The van der Waals surface area contributed by atoms with E-state index >= 15 is 0 Å². The fourth-order valence-electron chi connectivity index (χ4n) is 14.2. The molecule has 4 aliphatic carbocycles. The summed E-state index contributed by atoms with van der Waals surface area (Å²) in [6.45, 7) is 22.9. The summed E-state index contributed by atoms with van der Waals surface area (Å²) in [7, 11) is 0. The molecular weight excluding hydrogens is 1210 g/mol. The van der Waals surface area contributed by atoms with E-state index in [0.717, 1.165) is 111 Å². The van der Waals surface area contributed by atoms with Gasteiger partial charge in [-0.3, -0.25) is 31.9 Å². The number of amides is 6. The molecule has 4 saturated carbocycles. The van der Waals surface area contributed by atoms with Crippen LogP contribution in [0.5, 0.6) is 0 Å². The van der Waals surface area contributed by atoms with Crippen LogP contribution in [0.3, 0.4) is 0 Å². The molecule has 516 valence electrons. The van der Waals surface area contributed by atoms with Gasteiger partial charge in [0, 0.05) is 45.4 Å². The fourth-order valence-corrected chi connectivity index (χ4v) is 14.2. The zero-order chi connectivity index (χ0) is 68.2. The minimum Gasteiger partial charge on any atom is -0.459 e. The summed E-state index contributed by atoms with van der Waals surface area (Å²) in [5, 5.41) is 16.7. The third-order valence-electron chi connectivity index (χ3n) is 20.4. The molecule has 4 fully saturated rings. The Hall–Kier alpha value is -8.49. The molecule has 4 aromatic rings. The molecule has 6 N–H and O–H groups in total. The van der Waals surface area contributed by atoms with E-state index in [1.54, 1.807) is 55.5 Å². The summed E-state index contributed by atoms with van der Waals surface area (Å²) in [5.74, 6) is 2.49. The van der Waals surface area contributed by atoms with Gasteiger partial charge in [0.15, 0.2) is 0 Å². The molecule has 0 aromatic heterocycles. The Morgan fingerprint density at radius 1 is 0.421 bits per heavy atom. The van der Waals surface area contributed by atoms with Crippen molar-refractivity contribution in [2.75, 3.05) is 76.3 Å². The lowest BCUT2D eigenvalue weighted by Crippen LogP contribution is -2.40. The molecule has 0 spiro atoms. The van der Waals surface area contributed by atoms with Crippen molar-refractivity contribution in [2.24, 2.45) is 40.4 Å². The second-order valence-electron chi connectivity index (χ2n) is 27.7. The predicted molar refractivity (Wildman–Crippen MR) is 369 cm³/mol. The second kappa shape index (κ2) is 34.3. The first-order valence-corrected chi connectivity index (χ1v) is 34.1. The number of carbonyl (C=O) groups is 7. The highest BCUT2D eigenvalue weighted by Crippen LogP contribution is 2.51. The van der Waals surface area contributed by atoms with Gasteiger partial charge >= 0.3 is 42.5 Å². The van der Waals surface area contributed by atoms with E-state index in [-0.39, 0.29) is 61.1 Å². The van der Waals surface area contributed by atoms with Crippen molar-refractivity contribution in [2.45, 2.75) is 183 Å². The summed E-state index contributed by atoms with van der Waals surface area (Å²) in [5.41, 5.74) is 6.49. The predicted octanol–water partition coefficient (Wildman–Crippen LogP) is 17.5. The Balaban J connectivity index is 0.705. The van der Waals surface area contributed by atoms with Gasteiger partial charge in [0.1, 0.15) is 44.7 Å². The molecule has 0 radical (unpaired) electrons. The Morgan fingerprint density at radius 3 is 1.12 bits per heavy atom. The van der Waals surface area contributed by atoms with E-state index in [9.17, 15) is 33.6 Å². The van der Waals surface area contributed by atoms with Gasteiger partial charge < -0.3 is 38.1 Å². The van der Waals surface area contributed by atoms with E-state index in [2.05, 4.69) is 73.1 Å². The highest BCUT2D eigenvalue weighted by Gasteiger charge is 2.43. The molecule has 4 aliphatic rings. The zero-order valence-electron chi connectivity index (χ0n) is 57.1. The maximum atomic E-state index is 13.4. The minimum absolute atomic E-state index is 0.00992. The normalized spacial score (nSPS) is 21.2. The second-order valence-corrected chi connectivity index (χ2v) is 27.7. The van der Waals surface area contributed by atoms with Crippen LogP contribution in [0.15, 0.2) is 97.1 Å². The minimum atomic E-state index is -0.736. The number of hydrogen-bond acceptors (Lipinski definition) is 15. The number of nitrogens with zero attached hydrogens (tertiary/aromatic N) is 1. The van der Waals surface area contributed by atoms with Crippen LogP contribution < -0.4 is 36.8 Å². The lowest BCUT2D eigenvalue weighted by molar-refractivity contribution is -0.139. The molecule has 8 rings (SSSR count). The number of para-hydroxylation sites is 1. The Labute approximate surface area is 560 Å². The highest BCUT2D eigenvalue weighted by atomic mass is 16.6. The summed E-state index contributed by atoms with van der Waals surface area (Å²) in [6.07, 6.45) is 11.3. The van der Waals surface area contributed by atoms with Crippen molar-refractivity contribution < 1.29 is 66.7 Å². The topological polar surface area (TPSA) is 260 Å². The van der Waals surface area contributed by atoms with Gasteiger partial charge in [0.25, 0.3) is 0 Å². The summed E-state index contributed by atoms with van der Waals surface area (Å²) < 4.78 is 39.1. The van der Waals surface area contributed by atoms with Crippen molar-refractivity contribution in [1.82, 2.24) is 0 Å². The quantitative estimate of drug-likeness (QED) is 0.0165. The molecule has 0 unspecified atom stereocenters. The smallest absolute Gasteiger partial charge is 0.411 e. The monoisotopic (exact) mass is 1310 g/mol. The van der Waals surface area contributed by atoms with E-state index in [0.29, 0.717) is 65.0 Å². The number of nitrogens with one attached hydrogen (secondary N) is 6. The van der Waals surface area contributed by atoms with Crippen molar-refractivity contribution >= 4 is 82.3 Å². The third kappa shape index (κ3) is 21.8. The average Bonchev–Trinajstić information content (AvgIpc) is 0.826. The van der Waals surface area contributed by atoms with Crippen LogP contribution >= 0.6 is 0 Å². The Bertz CT molecular complexity index is 3270. The van der Waals surface area contributed by atoms with Crippen LogP contribution in [0.25, 0.3) is 0 Å². The van der Waals surface area contributed by atoms with E-state index < -0.39 is 42.5 Å².